The van der Waals surface area contributed by atoms with Crippen molar-refractivity contribution in [2.75, 3.05) is 33.7 Å². The summed E-state index contributed by atoms with van der Waals surface area (Å²) in [4.78, 5) is 38.3. The average molecular weight is 547 g/mol. The number of rotatable bonds is 13. The van der Waals surface area contributed by atoms with E-state index in [1.807, 2.05) is 30.3 Å². The molecule has 3 rings (SSSR count). The molecule has 40 heavy (non-hydrogen) atoms. The van der Waals surface area contributed by atoms with Crippen LogP contribution in [0.3, 0.4) is 0 Å². The molecule has 0 saturated carbocycles. The normalized spacial score (nSPS) is 11.3. The molecule has 8 heteroatoms. The molecule has 0 saturated heterocycles. The maximum absolute atomic E-state index is 13.4. The maximum atomic E-state index is 13.4. The van der Waals surface area contributed by atoms with Crippen LogP contribution < -0.4 is 20.1 Å². The molecule has 0 aliphatic heterocycles. The molecule has 0 spiro atoms. The molecule has 2 N–H and O–H groups in total. The number of carbonyl (C=O) groups is 3. The van der Waals surface area contributed by atoms with Gasteiger partial charge in [-0.15, -0.1) is 0 Å². The molecule has 1 atom stereocenters. The minimum absolute atomic E-state index is 0.155. The quantitative estimate of drug-likeness (QED) is 0.195. The minimum atomic E-state index is -0.453. The molecule has 2 amide bonds. The van der Waals surface area contributed by atoms with Crippen molar-refractivity contribution in [3.05, 3.63) is 77.4 Å². The van der Waals surface area contributed by atoms with Crippen LogP contribution >= 0.6 is 0 Å². The van der Waals surface area contributed by atoms with Gasteiger partial charge in [-0.3, -0.25) is 9.59 Å². The van der Waals surface area contributed by atoms with Crippen molar-refractivity contribution < 1.29 is 28.6 Å². The molecule has 0 aliphatic carbocycles. The topological polar surface area (TPSA) is 103 Å². The highest BCUT2D eigenvalue weighted by Crippen LogP contribution is 2.40. The second kappa shape index (κ2) is 14.7. The molecule has 3 aromatic carbocycles. The van der Waals surface area contributed by atoms with Crippen molar-refractivity contribution in [1.29, 1.82) is 0 Å². The monoisotopic (exact) mass is 546 g/mol. The van der Waals surface area contributed by atoms with Crippen molar-refractivity contribution in [1.82, 2.24) is 5.32 Å². The van der Waals surface area contributed by atoms with Crippen LogP contribution in [0.4, 0.5) is 5.69 Å². The van der Waals surface area contributed by atoms with E-state index in [4.69, 9.17) is 14.2 Å². The minimum Gasteiger partial charge on any atom is -0.497 e. The number of carbonyl (C=O) groups excluding carboxylic acids is 3. The molecule has 3 aromatic rings. The number of ether oxygens (including phenoxy) is 3. The van der Waals surface area contributed by atoms with E-state index in [1.165, 1.54) is 7.11 Å². The van der Waals surface area contributed by atoms with Gasteiger partial charge >= 0.3 is 5.97 Å². The van der Waals surface area contributed by atoms with Gasteiger partial charge in [-0.25, -0.2) is 4.79 Å². The van der Waals surface area contributed by atoms with Crippen LogP contribution in [-0.2, 0) is 9.53 Å². The summed E-state index contributed by atoms with van der Waals surface area (Å²) in [5.74, 6) is 0.0876. The standard InChI is InChI=1S/C32H38N2O6/c1-6-7-8-11-21(19-30(35)34-28-13-10-9-12-26(28)31(36)33-2)27-18-22(32(37)40-5)14-16-24(27)25-17-15-23(38-3)20-29(25)39-4/h9-10,12-18,20-21H,6-8,11,19H2,1-5H3,(H,33,36)(H,34,35). The third-order valence-electron chi connectivity index (χ3n) is 6.87. The molecule has 0 aliphatic rings. The lowest BCUT2D eigenvalue weighted by Crippen LogP contribution is -2.22. The number of benzene rings is 3. The smallest absolute Gasteiger partial charge is 0.337 e. The zero-order valence-electron chi connectivity index (χ0n) is 23.8. The molecule has 212 valence electrons. The second-order valence-corrected chi connectivity index (χ2v) is 9.43. The fourth-order valence-corrected chi connectivity index (χ4v) is 4.77. The second-order valence-electron chi connectivity index (χ2n) is 9.43. The van der Waals surface area contributed by atoms with E-state index in [0.717, 1.165) is 42.4 Å². The van der Waals surface area contributed by atoms with Gasteiger partial charge in [-0.1, -0.05) is 44.4 Å². The van der Waals surface area contributed by atoms with Gasteiger partial charge in [0.25, 0.3) is 5.91 Å². The molecule has 0 fully saturated rings. The number of hydrogen-bond donors (Lipinski definition) is 2. The Balaban J connectivity index is 2.07. The number of nitrogens with one attached hydrogen (secondary N) is 2. The molecule has 0 bridgehead atoms. The predicted molar refractivity (Wildman–Crippen MR) is 156 cm³/mol. The molecule has 0 heterocycles. The Morgan fingerprint density at radius 1 is 0.875 bits per heavy atom. The largest absolute Gasteiger partial charge is 0.497 e. The zero-order chi connectivity index (χ0) is 29.1. The summed E-state index contributed by atoms with van der Waals surface area (Å²) in [6.07, 6.45) is 3.83. The Morgan fingerprint density at radius 2 is 1.62 bits per heavy atom. The Bertz CT molecular complexity index is 1340. The van der Waals surface area contributed by atoms with Gasteiger partial charge < -0.3 is 24.8 Å². The Kier molecular flexibility index (Phi) is 11.1. The fraction of sp³-hybridized carbons (Fsp3) is 0.344. The summed E-state index contributed by atoms with van der Waals surface area (Å²) < 4.78 is 16.1. The Morgan fingerprint density at radius 3 is 2.30 bits per heavy atom. The van der Waals surface area contributed by atoms with Crippen molar-refractivity contribution in [3.8, 4) is 22.6 Å². The van der Waals surface area contributed by atoms with Crippen molar-refractivity contribution in [3.63, 3.8) is 0 Å². The van der Waals surface area contributed by atoms with Gasteiger partial charge in [-0.2, -0.15) is 0 Å². The molecular formula is C32H38N2O6. The van der Waals surface area contributed by atoms with Crippen LogP contribution in [0.1, 0.15) is 71.2 Å². The third kappa shape index (κ3) is 7.40. The molecule has 8 nitrogen and oxygen atoms in total. The number of esters is 1. The van der Waals surface area contributed by atoms with Crippen molar-refractivity contribution >= 4 is 23.5 Å². The van der Waals surface area contributed by atoms with Gasteiger partial charge in [0.2, 0.25) is 5.91 Å². The number of hydrogen-bond acceptors (Lipinski definition) is 6. The summed E-state index contributed by atoms with van der Waals surface area (Å²) in [6.45, 7) is 2.13. The average Bonchev–Trinajstić information content (AvgIpc) is 2.99. The number of anilines is 1. The van der Waals surface area contributed by atoms with Gasteiger partial charge in [0.05, 0.1) is 38.1 Å². The number of para-hydroxylation sites is 1. The van der Waals surface area contributed by atoms with E-state index in [2.05, 4.69) is 17.6 Å². The first-order valence-electron chi connectivity index (χ1n) is 13.4. The highest BCUT2D eigenvalue weighted by atomic mass is 16.5. The Labute approximate surface area is 236 Å². The first-order valence-corrected chi connectivity index (χ1v) is 13.4. The van der Waals surface area contributed by atoms with Crippen molar-refractivity contribution in [2.45, 2.75) is 44.9 Å². The maximum Gasteiger partial charge on any atom is 0.337 e. The van der Waals surface area contributed by atoms with E-state index in [1.54, 1.807) is 51.6 Å². The lowest BCUT2D eigenvalue weighted by atomic mass is 9.83. The molecule has 0 radical (unpaired) electrons. The fourth-order valence-electron chi connectivity index (χ4n) is 4.77. The van der Waals surface area contributed by atoms with E-state index in [-0.39, 0.29) is 24.2 Å². The number of unbranched alkanes of at least 4 members (excludes halogenated alkanes) is 2. The van der Waals surface area contributed by atoms with E-state index >= 15 is 0 Å². The summed E-state index contributed by atoms with van der Waals surface area (Å²) >= 11 is 0. The highest BCUT2D eigenvalue weighted by Gasteiger charge is 2.24. The molecule has 1 unspecified atom stereocenters. The van der Waals surface area contributed by atoms with Crippen LogP contribution in [0, 0.1) is 0 Å². The summed E-state index contributed by atoms with van der Waals surface area (Å²) in [6, 6.07) is 17.9. The predicted octanol–water partition coefficient (Wildman–Crippen LogP) is 6.21. The zero-order valence-corrected chi connectivity index (χ0v) is 23.8. The number of methoxy groups -OCH3 is 3. The van der Waals surface area contributed by atoms with Gasteiger partial charge in [0.15, 0.2) is 0 Å². The van der Waals surface area contributed by atoms with E-state index in [9.17, 15) is 14.4 Å². The highest BCUT2D eigenvalue weighted by molar-refractivity contribution is 6.03. The lowest BCUT2D eigenvalue weighted by molar-refractivity contribution is -0.116. The van der Waals surface area contributed by atoms with Crippen LogP contribution in [-0.4, -0.2) is 46.2 Å². The van der Waals surface area contributed by atoms with Crippen LogP contribution in [0.25, 0.3) is 11.1 Å². The van der Waals surface area contributed by atoms with Gasteiger partial charge in [-0.05, 0) is 59.9 Å². The van der Waals surface area contributed by atoms with Gasteiger partial charge in [0, 0.05) is 25.1 Å². The number of amides is 2. The van der Waals surface area contributed by atoms with Crippen LogP contribution in [0.2, 0.25) is 0 Å². The summed E-state index contributed by atoms with van der Waals surface area (Å²) in [7, 11) is 6.08. The lowest BCUT2D eigenvalue weighted by Gasteiger charge is -2.23. The SMILES string of the molecule is CCCCCC(CC(=O)Nc1ccccc1C(=O)NC)c1cc(C(=O)OC)ccc1-c1ccc(OC)cc1OC. The van der Waals surface area contributed by atoms with Crippen LogP contribution in [0.15, 0.2) is 60.7 Å². The van der Waals surface area contributed by atoms with E-state index < -0.39 is 5.97 Å². The Hall–Kier alpha value is -4.33. The first kappa shape index (κ1) is 30.2. The van der Waals surface area contributed by atoms with Gasteiger partial charge in [0.1, 0.15) is 11.5 Å². The third-order valence-corrected chi connectivity index (χ3v) is 6.87. The molecule has 0 aromatic heterocycles. The summed E-state index contributed by atoms with van der Waals surface area (Å²) in [5, 5.41) is 5.54. The molecular weight excluding hydrogens is 508 g/mol. The van der Waals surface area contributed by atoms with E-state index in [0.29, 0.717) is 28.3 Å². The van der Waals surface area contributed by atoms with Crippen molar-refractivity contribution in [2.24, 2.45) is 0 Å². The van der Waals surface area contributed by atoms with Crippen LogP contribution in [0.5, 0.6) is 11.5 Å². The first-order chi connectivity index (χ1) is 19.4. The summed E-state index contributed by atoms with van der Waals surface area (Å²) in [5.41, 5.74) is 3.75.